The van der Waals surface area contributed by atoms with Crippen molar-refractivity contribution in [3.8, 4) is 0 Å². The summed E-state index contributed by atoms with van der Waals surface area (Å²) in [6.07, 6.45) is 1.50. The summed E-state index contributed by atoms with van der Waals surface area (Å²) in [7, 11) is 0. The number of nitrogens with one attached hydrogen (secondary N) is 2. The van der Waals surface area contributed by atoms with Gasteiger partial charge < -0.3 is 10.6 Å². The Hall–Kier alpha value is -3.74. The average Bonchev–Trinajstić information content (AvgIpc) is 3.09. The van der Waals surface area contributed by atoms with E-state index in [9.17, 15) is 9.18 Å². The topological polar surface area (TPSA) is 71.3 Å². The monoisotopic (exact) mass is 375 g/mol. The molecule has 7 heteroatoms. The lowest BCUT2D eigenvalue weighted by molar-refractivity contribution is 0.102. The second-order valence-corrected chi connectivity index (χ2v) is 6.39. The normalized spacial score (nSPS) is 10.8. The first-order valence-electron chi connectivity index (χ1n) is 8.80. The number of aryl methyl sites for hydroxylation is 1. The molecule has 4 rings (SSSR count). The number of hydrogen-bond acceptors (Lipinski definition) is 4. The van der Waals surface area contributed by atoms with Crippen LogP contribution in [0.25, 0.3) is 5.65 Å². The van der Waals surface area contributed by atoms with Gasteiger partial charge in [0, 0.05) is 12.2 Å². The number of carbonyl (C=O) groups excluding carboxylic acids is 1. The van der Waals surface area contributed by atoms with Crippen LogP contribution in [0.2, 0.25) is 0 Å². The molecule has 2 N–H and O–H groups in total. The maximum Gasteiger partial charge on any atom is 0.276 e. The van der Waals surface area contributed by atoms with Gasteiger partial charge in [0.1, 0.15) is 11.6 Å². The van der Waals surface area contributed by atoms with E-state index in [1.807, 2.05) is 49.4 Å². The maximum atomic E-state index is 13.4. The van der Waals surface area contributed by atoms with Gasteiger partial charge in [-0.1, -0.05) is 30.3 Å². The molecule has 2 aromatic carbocycles. The molecule has 0 atom stereocenters. The summed E-state index contributed by atoms with van der Waals surface area (Å²) in [5, 5.41) is 10.6. The van der Waals surface area contributed by atoms with Crippen LogP contribution in [0.4, 0.5) is 15.9 Å². The predicted octanol–water partition coefficient (Wildman–Crippen LogP) is 4.04. The Bertz CT molecular complexity index is 1140. The molecule has 0 aliphatic carbocycles. The van der Waals surface area contributed by atoms with Crippen LogP contribution in [-0.2, 0) is 6.54 Å². The molecule has 0 aliphatic heterocycles. The minimum Gasteiger partial charge on any atom is -0.364 e. The van der Waals surface area contributed by atoms with E-state index < -0.39 is 0 Å². The number of amides is 1. The van der Waals surface area contributed by atoms with Gasteiger partial charge in [0.15, 0.2) is 11.3 Å². The third-order valence-electron chi connectivity index (χ3n) is 4.30. The second kappa shape index (κ2) is 7.48. The van der Waals surface area contributed by atoms with Crippen molar-refractivity contribution in [2.24, 2.45) is 0 Å². The van der Waals surface area contributed by atoms with Gasteiger partial charge in [0.05, 0.1) is 6.20 Å². The summed E-state index contributed by atoms with van der Waals surface area (Å²) >= 11 is 0. The number of imidazole rings is 1. The number of hydrogen-bond donors (Lipinski definition) is 2. The van der Waals surface area contributed by atoms with Crippen LogP contribution in [-0.4, -0.2) is 20.5 Å². The van der Waals surface area contributed by atoms with Crippen LogP contribution in [0.3, 0.4) is 0 Å². The first kappa shape index (κ1) is 17.7. The zero-order valence-electron chi connectivity index (χ0n) is 15.2. The summed E-state index contributed by atoms with van der Waals surface area (Å²) in [4.78, 5) is 16.9. The van der Waals surface area contributed by atoms with Crippen molar-refractivity contribution in [2.75, 3.05) is 10.6 Å². The van der Waals surface area contributed by atoms with E-state index >= 15 is 0 Å². The Morgan fingerprint density at radius 3 is 2.71 bits per heavy atom. The quantitative estimate of drug-likeness (QED) is 0.552. The van der Waals surface area contributed by atoms with Gasteiger partial charge in [-0.3, -0.25) is 4.79 Å². The minimum atomic E-state index is -0.300. The third kappa shape index (κ3) is 3.68. The number of carbonyl (C=O) groups is 1. The second-order valence-electron chi connectivity index (χ2n) is 6.39. The Morgan fingerprint density at radius 2 is 1.93 bits per heavy atom. The van der Waals surface area contributed by atoms with Gasteiger partial charge in [-0.15, -0.1) is 5.10 Å². The van der Waals surface area contributed by atoms with Crippen molar-refractivity contribution in [2.45, 2.75) is 13.5 Å². The van der Waals surface area contributed by atoms with Crippen molar-refractivity contribution >= 4 is 23.1 Å². The van der Waals surface area contributed by atoms with E-state index in [1.54, 1.807) is 6.07 Å². The van der Waals surface area contributed by atoms with E-state index in [2.05, 4.69) is 20.7 Å². The lowest BCUT2D eigenvalue weighted by Crippen LogP contribution is -2.16. The summed E-state index contributed by atoms with van der Waals surface area (Å²) in [6.45, 7) is 2.32. The van der Waals surface area contributed by atoms with Crippen LogP contribution in [0.5, 0.6) is 0 Å². The zero-order valence-corrected chi connectivity index (χ0v) is 15.2. The van der Waals surface area contributed by atoms with Gasteiger partial charge >= 0.3 is 0 Å². The fourth-order valence-corrected chi connectivity index (χ4v) is 2.88. The molecule has 0 unspecified atom stereocenters. The summed E-state index contributed by atoms with van der Waals surface area (Å²) in [6, 6.07) is 17.4. The van der Waals surface area contributed by atoms with Crippen LogP contribution in [0.1, 0.15) is 21.6 Å². The van der Waals surface area contributed by atoms with Crippen LogP contribution in [0.15, 0.2) is 66.9 Å². The van der Waals surface area contributed by atoms with Gasteiger partial charge in [-0.25, -0.2) is 13.9 Å². The van der Waals surface area contributed by atoms with Gasteiger partial charge in [0.25, 0.3) is 5.91 Å². The Morgan fingerprint density at radius 1 is 1.11 bits per heavy atom. The highest BCUT2D eigenvalue weighted by molar-refractivity contribution is 6.03. The van der Waals surface area contributed by atoms with E-state index in [-0.39, 0.29) is 11.7 Å². The molecule has 0 saturated heterocycles. The number of nitrogens with zero attached hydrogens (tertiary/aromatic N) is 3. The standard InChI is InChI=1S/C21H18FN5O/c1-14-10-19-23-13-18(21(28)25-17-8-3-2-4-9-17)27(19)26-20(14)24-12-15-6-5-7-16(22)11-15/h2-11,13H,12H2,1H3,(H,24,26)(H,25,28). The van der Waals surface area contributed by atoms with Gasteiger partial charge in [-0.05, 0) is 48.4 Å². The van der Waals surface area contributed by atoms with Crippen molar-refractivity contribution < 1.29 is 9.18 Å². The van der Waals surface area contributed by atoms with Crippen molar-refractivity contribution in [3.63, 3.8) is 0 Å². The van der Waals surface area contributed by atoms with Crippen LogP contribution >= 0.6 is 0 Å². The number of aromatic nitrogens is 3. The van der Waals surface area contributed by atoms with E-state index in [0.29, 0.717) is 29.4 Å². The van der Waals surface area contributed by atoms with Crippen molar-refractivity contribution in [1.29, 1.82) is 0 Å². The third-order valence-corrected chi connectivity index (χ3v) is 4.30. The highest BCUT2D eigenvalue weighted by Gasteiger charge is 2.15. The largest absolute Gasteiger partial charge is 0.364 e. The zero-order chi connectivity index (χ0) is 19.5. The minimum absolute atomic E-state index is 0.283. The molecule has 140 valence electrons. The molecular formula is C21H18FN5O. The van der Waals surface area contributed by atoms with Crippen molar-refractivity contribution in [1.82, 2.24) is 14.6 Å². The fraction of sp³-hybridized carbons (Fsp3) is 0.0952. The number of rotatable bonds is 5. The number of anilines is 2. The summed E-state index contributed by atoms with van der Waals surface area (Å²) in [5.74, 6) is 0.0172. The lowest BCUT2D eigenvalue weighted by Gasteiger charge is -2.10. The highest BCUT2D eigenvalue weighted by Crippen LogP contribution is 2.17. The molecule has 0 fully saturated rings. The van der Waals surface area contributed by atoms with Crippen molar-refractivity contribution in [3.05, 3.63) is 89.5 Å². The van der Waals surface area contributed by atoms with Crippen LogP contribution < -0.4 is 10.6 Å². The summed E-state index contributed by atoms with van der Waals surface area (Å²) in [5.41, 5.74) is 3.28. The predicted molar refractivity (Wildman–Crippen MR) is 106 cm³/mol. The van der Waals surface area contributed by atoms with E-state index in [4.69, 9.17) is 0 Å². The molecule has 2 heterocycles. The van der Waals surface area contributed by atoms with Gasteiger partial charge in [0.2, 0.25) is 0 Å². The van der Waals surface area contributed by atoms with E-state index in [1.165, 1.54) is 22.8 Å². The number of para-hydroxylation sites is 1. The molecule has 6 nitrogen and oxygen atoms in total. The first-order valence-corrected chi connectivity index (χ1v) is 8.80. The smallest absolute Gasteiger partial charge is 0.276 e. The summed E-state index contributed by atoms with van der Waals surface area (Å²) < 4.78 is 14.9. The molecule has 0 saturated carbocycles. The molecule has 4 aromatic rings. The van der Waals surface area contributed by atoms with E-state index in [0.717, 1.165) is 11.1 Å². The molecule has 28 heavy (non-hydrogen) atoms. The molecule has 0 spiro atoms. The Balaban J connectivity index is 1.59. The molecular weight excluding hydrogens is 357 g/mol. The highest BCUT2D eigenvalue weighted by atomic mass is 19.1. The fourth-order valence-electron chi connectivity index (χ4n) is 2.88. The average molecular weight is 375 g/mol. The number of fused-ring (bicyclic) bond motifs is 1. The molecule has 2 aromatic heterocycles. The van der Waals surface area contributed by atoms with Gasteiger partial charge in [-0.2, -0.15) is 0 Å². The lowest BCUT2D eigenvalue weighted by atomic mass is 10.2. The Labute approximate surface area is 161 Å². The molecule has 0 aliphatic rings. The van der Waals surface area contributed by atoms with Crippen LogP contribution in [0, 0.1) is 12.7 Å². The number of halogens is 1. The molecule has 0 bridgehead atoms. The SMILES string of the molecule is Cc1cc2ncc(C(=O)Nc3ccccc3)n2nc1NCc1cccc(F)c1. The maximum absolute atomic E-state index is 13.4. The number of benzene rings is 2. The molecule has 0 radical (unpaired) electrons. The molecule has 1 amide bonds. The first-order chi connectivity index (χ1) is 13.6. The Kier molecular flexibility index (Phi) is 4.72.